The van der Waals surface area contributed by atoms with Crippen LogP contribution in [0.4, 0.5) is 0 Å². The first-order valence-electron chi connectivity index (χ1n) is 12.7. The molecule has 0 aromatic rings. The molecule has 0 aromatic heterocycles. The van der Waals surface area contributed by atoms with Crippen LogP contribution in [0.2, 0.25) is 0 Å². The fraction of sp³-hybridized carbons (Fsp3) is 0.923. The molecule has 4 unspecified atom stereocenters. The third-order valence-corrected chi connectivity index (χ3v) is 8.24. The molecule has 4 aliphatic rings. The van der Waals surface area contributed by atoms with Gasteiger partial charge in [-0.25, -0.2) is 0 Å². The molecule has 0 aromatic carbocycles. The highest BCUT2D eigenvalue weighted by Crippen LogP contribution is 2.64. The van der Waals surface area contributed by atoms with Crippen LogP contribution in [0.15, 0.2) is 11.1 Å². The molecular weight excluding hydrogens is 312 g/mol. The molecule has 4 atom stereocenters. The summed E-state index contributed by atoms with van der Waals surface area (Å²) in [6.07, 6.45) is 30.4. The Bertz CT molecular complexity index is 377. The number of hydrogen-bond donors (Lipinski definition) is 0. The molecular formula is C26H44. The van der Waals surface area contributed by atoms with Crippen molar-refractivity contribution in [2.24, 2.45) is 23.7 Å². The van der Waals surface area contributed by atoms with E-state index in [2.05, 4.69) is 11.1 Å². The van der Waals surface area contributed by atoms with Crippen LogP contribution < -0.4 is 0 Å². The lowest BCUT2D eigenvalue weighted by Crippen LogP contribution is -1.89. The molecule has 0 spiro atoms. The van der Waals surface area contributed by atoms with Gasteiger partial charge in [-0.15, -0.1) is 0 Å². The van der Waals surface area contributed by atoms with Crippen LogP contribution in [0, 0.1) is 23.7 Å². The second-order valence-corrected chi connectivity index (χ2v) is 10.1. The Labute approximate surface area is 163 Å². The Hall–Kier alpha value is -0.260. The number of rotatable bonds is 0. The van der Waals surface area contributed by atoms with E-state index in [4.69, 9.17) is 0 Å². The quantitative estimate of drug-likeness (QED) is 0.381. The SMILES string of the molecule is C1CCCCCC2C(=C3C4CCCCCCCCCCC34)C2CCCC1. The summed E-state index contributed by atoms with van der Waals surface area (Å²) >= 11 is 0. The number of hydrogen-bond acceptors (Lipinski definition) is 0. The van der Waals surface area contributed by atoms with Gasteiger partial charge in [0.25, 0.3) is 0 Å². The third kappa shape index (κ3) is 4.96. The number of allylic oxidation sites excluding steroid dienone is 2. The van der Waals surface area contributed by atoms with Gasteiger partial charge in [0, 0.05) is 0 Å². The maximum atomic E-state index is 2.05. The highest BCUT2D eigenvalue weighted by molar-refractivity contribution is 5.46. The fourth-order valence-corrected chi connectivity index (χ4v) is 6.62. The molecule has 0 amide bonds. The largest absolute Gasteiger partial charge is 0.0630 e. The molecule has 4 aliphatic carbocycles. The normalized spacial score (nSPS) is 37.8. The van der Waals surface area contributed by atoms with E-state index in [1.807, 2.05) is 0 Å². The van der Waals surface area contributed by atoms with Gasteiger partial charge in [-0.1, -0.05) is 114 Å². The van der Waals surface area contributed by atoms with Crippen molar-refractivity contribution in [2.45, 2.75) is 128 Å². The molecule has 0 saturated heterocycles. The second-order valence-electron chi connectivity index (χ2n) is 10.1. The van der Waals surface area contributed by atoms with Crippen molar-refractivity contribution in [1.29, 1.82) is 0 Å². The third-order valence-electron chi connectivity index (χ3n) is 8.24. The summed E-state index contributed by atoms with van der Waals surface area (Å²) in [4.78, 5) is 0. The van der Waals surface area contributed by atoms with E-state index < -0.39 is 0 Å². The highest BCUT2D eigenvalue weighted by atomic mass is 14.6. The zero-order valence-electron chi connectivity index (χ0n) is 17.5. The molecule has 0 aliphatic heterocycles. The fourth-order valence-electron chi connectivity index (χ4n) is 6.62. The lowest BCUT2D eigenvalue weighted by molar-refractivity contribution is 0.491. The van der Waals surface area contributed by atoms with Crippen molar-refractivity contribution in [3.8, 4) is 0 Å². The summed E-state index contributed by atoms with van der Waals surface area (Å²) in [5.74, 6) is 4.19. The summed E-state index contributed by atoms with van der Waals surface area (Å²) in [6.45, 7) is 0. The first-order chi connectivity index (χ1) is 13.0. The van der Waals surface area contributed by atoms with Crippen LogP contribution in [0.5, 0.6) is 0 Å². The second kappa shape index (κ2) is 9.79. The maximum Gasteiger partial charge on any atom is -0.0131 e. The summed E-state index contributed by atoms with van der Waals surface area (Å²) in [7, 11) is 0. The first-order valence-corrected chi connectivity index (χ1v) is 12.7. The molecule has 0 nitrogen and oxygen atoms in total. The minimum Gasteiger partial charge on any atom is -0.0630 e. The lowest BCUT2D eigenvalue weighted by atomic mass is 10.0. The first kappa shape index (κ1) is 19.1. The van der Waals surface area contributed by atoms with Gasteiger partial charge < -0.3 is 0 Å². The minimum absolute atomic E-state index is 1.05. The lowest BCUT2D eigenvalue weighted by Gasteiger charge is -2.04. The van der Waals surface area contributed by atoms with Crippen LogP contribution in [0.25, 0.3) is 0 Å². The Balaban J connectivity index is 1.39. The molecule has 0 radical (unpaired) electrons. The van der Waals surface area contributed by atoms with Crippen molar-refractivity contribution in [2.75, 3.05) is 0 Å². The Kier molecular flexibility index (Phi) is 7.18. The van der Waals surface area contributed by atoms with Gasteiger partial charge in [0.1, 0.15) is 0 Å². The Morgan fingerprint density at radius 2 is 0.462 bits per heavy atom. The maximum absolute atomic E-state index is 2.05. The van der Waals surface area contributed by atoms with Gasteiger partial charge in [0.2, 0.25) is 0 Å². The Morgan fingerprint density at radius 1 is 0.269 bits per heavy atom. The molecule has 4 rings (SSSR count). The highest BCUT2D eigenvalue weighted by Gasteiger charge is 2.54. The van der Waals surface area contributed by atoms with E-state index in [0.29, 0.717) is 0 Å². The van der Waals surface area contributed by atoms with Crippen LogP contribution in [0.1, 0.15) is 128 Å². The van der Waals surface area contributed by atoms with Gasteiger partial charge in [-0.05, 0) is 49.4 Å². The van der Waals surface area contributed by atoms with E-state index >= 15 is 0 Å². The molecule has 4 fully saturated rings. The minimum atomic E-state index is 1.05. The predicted octanol–water partition coefficient (Wildman–Crippen LogP) is 8.60. The van der Waals surface area contributed by atoms with E-state index in [-0.39, 0.29) is 0 Å². The van der Waals surface area contributed by atoms with Crippen molar-refractivity contribution in [3.63, 3.8) is 0 Å². The summed E-state index contributed by atoms with van der Waals surface area (Å²) in [5, 5.41) is 0. The average Bonchev–Trinajstić information content (AvgIpc) is 3.49. The van der Waals surface area contributed by atoms with Gasteiger partial charge in [-0.3, -0.25) is 0 Å². The van der Waals surface area contributed by atoms with E-state index in [1.165, 1.54) is 103 Å². The Morgan fingerprint density at radius 3 is 0.692 bits per heavy atom. The van der Waals surface area contributed by atoms with Gasteiger partial charge in [0.05, 0.1) is 0 Å². The van der Waals surface area contributed by atoms with Crippen LogP contribution >= 0.6 is 0 Å². The molecule has 0 N–H and O–H groups in total. The smallest absolute Gasteiger partial charge is 0.0131 e. The molecule has 26 heavy (non-hydrogen) atoms. The predicted molar refractivity (Wildman–Crippen MR) is 113 cm³/mol. The van der Waals surface area contributed by atoms with Crippen LogP contribution in [0.3, 0.4) is 0 Å². The van der Waals surface area contributed by atoms with E-state index in [1.54, 1.807) is 25.7 Å². The summed E-state index contributed by atoms with van der Waals surface area (Å²) < 4.78 is 0. The zero-order chi connectivity index (χ0) is 17.6. The van der Waals surface area contributed by atoms with Crippen molar-refractivity contribution >= 4 is 0 Å². The van der Waals surface area contributed by atoms with Gasteiger partial charge in [0.15, 0.2) is 0 Å². The van der Waals surface area contributed by atoms with Crippen LogP contribution in [-0.2, 0) is 0 Å². The standard InChI is InChI=1S/C26H44/c1-2-6-10-14-18-22-21(17-13-9-5-1)25(22)26-23-19-15-11-7-3-4-8-12-16-20-24(23)26/h21-24H,1-20H2. The molecule has 0 heteroatoms. The molecule has 0 bridgehead atoms. The molecule has 148 valence electrons. The van der Waals surface area contributed by atoms with Crippen molar-refractivity contribution < 1.29 is 0 Å². The summed E-state index contributed by atoms with van der Waals surface area (Å²) in [5.41, 5.74) is 4.10. The number of fused-ring (bicyclic) bond motifs is 2. The van der Waals surface area contributed by atoms with Crippen molar-refractivity contribution in [1.82, 2.24) is 0 Å². The van der Waals surface area contributed by atoms with Crippen molar-refractivity contribution in [3.05, 3.63) is 11.1 Å². The monoisotopic (exact) mass is 356 g/mol. The topological polar surface area (TPSA) is 0 Å². The zero-order valence-corrected chi connectivity index (χ0v) is 17.5. The van der Waals surface area contributed by atoms with Gasteiger partial charge in [-0.2, -0.15) is 0 Å². The van der Waals surface area contributed by atoms with Gasteiger partial charge >= 0.3 is 0 Å². The molecule has 4 saturated carbocycles. The average molecular weight is 357 g/mol. The summed E-state index contributed by atoms with van der Waals surface area (Å²) in [6, 6.07) is 0. The van der Waals surface area contributed by atoms with Crippen LogP contribution in [-0.4, -0.2) is 0 Å². The van der Waals surface area contributed by atoms with E-state index in [0.717, 1.165) is 23.7 Å². The van der Waals surface area contributed by atoms with E-state index in [9.17, 15) is 0 Å². The molecule has 0 heterocycles.